The average Bonchev–Trinajstić information content (AvgIpc) is 3.52. The molecule has 8 aromatic rings. The van der Waals surface area contributed by atoms with Gasteiger partial charge in [-0.05, 0) is 170 Å². The lowest BCUT2D eigenvalue weighted by Gasteiger charge is -2.57. The molecule has 5 aliphatic carbocycles. The Bertz CT molecular complexity index is 2860. The molecular weight excluding hydrogens is 723 g/mol. The van der Waals surface area contributed by atoms with E-state index in [4.69, 9.17) is 0 Å². The second-order valence-electron chi connectivity index (χ2n) is 19.1. The van der Waals surface area contributed by atoms with Crippen molar-refractivity contribution in [2.45, 2.75) is 63.2 Å². The summed E-state index contributed by atoms with van der Waals surface area (Å²) in [5.41, 5.74) is 18.6. The highest BCUT2D eigenvalue weighted by Gasteiger charge is 2.51. The van der Waals surface area contributed by atoms with E-state index in [1.807, 2.05) is 0 Å². The summed E-state index contributed by atoms with van der Waals surface area (Å²) >= 11 is 0. The van der Waals surface area contributed by atoms with Crippen LogP contribution in [0.1, 0.15) is 69.1 Å². The SMILES string of the molecule is CC1(C)c2ccccc2-c2cccc(-c3ccc(N(c4ccc(-c5cccc6cccc(-c7ccccc7)c56)cc4)c4ccc(C56CC7CC(CC(C7)C5)C6)cc4)cc3)c21. The van der Waals surface area contributed by atoms with Gasteiger partial charge in [0, 0.05) is 22.5 Å². The summed E-state index contributed by atoms with van der Waals surface area (Å²) < 4.78 is 0. The Morgan fingerprint density at radius 2 is 0.850 bits per heavy atom. The zero-order valence-corrected chi connectivity index (χ0v) is 34.7. The Morgan fingerprint density at radius 3 is 1.45 bits per heavy atom. The monoisotopic (exact) mass is 773 g/mol. The van der Waals surface area contributed by atoms with Crippen LogP contribution in [0.4, 0.5) is 17.1 Å². The van der Waals surface area contributed by atoms with Crippen molar-refractivity contribution < 1.29 is 0 Å². The number of anilines is 3. The molecule has 0 N–H and O–H groups in total. The normalized spacial score (nSPS) is 21.8. The van der Waals surface area contributed by atoms with Gasteiger partial charge in [-0.1, -0.05) is 159 Å². The highest BCUT2D eigenvalue weighted by Crippen LogP contribution is 2.61. The van der Waals surface area contributed by atoms with Crippen molar-refractivity contribution >= 4 is 27.8 Å². The van der Waals surface area contributed by atoms with Gasteiger partial charge in [-0.3, -0.25) is 0 Å². The van der Waals surface area contributed by atoms with Crippen molar-refractivity contribution in [2.75, 3.05) is 4.90 Å². The first-order valence-electron chi connectivity index (χ1n) is 22.3. The van der Waals surface area contributed by atoms with Crippen molar-refractivity contribution in [3.63, 3.8) is 0 Å². The summed E-state index contributed by atoms with van der Waals surface area (Å²) in [4.78, 5) is 2.46. The molecule has 0 radical (unpaired) electrons. The molecule has 0 unspecified atom stereocenters. The van der Waals surface area contributed by atoms with Gasteiger partial charge in [0.2, 0.25) is 0 Å². The number of hydrogen-bond acceptors (Lipinski definition) is 1. The van der Waals surface area contributed by atoms with Gasteiger partial charge in [-0.25, -0.2) is 0 Å². The second kappa shape index (κ2) is 13.7. The molecule has 0 atom stereocenters. The van der Waals surface area contributed by atoms with Gasteiger partial charge >= 0.3 is 0 Å². The molecule has 1 heteroatoms. The predicted molar refractivity (Wildman–Crippen MR) is 252 cm³/mol. The van der Waals surface area contributed by atoms with Crippen LogP contribution in [-0.4, -0.2) is 0 Å². The standard InChI is InChI=1S/C59H51N/c1-58(2)55-20-7-6-15-53(55)54-19-10-18-52(57(54)58)44-23-29-48(30-24-44)60(49-31-25-46(26-32-49)59-36-39-33-40(37-59)35-41(34-39)38-59)47-27-21-43(22-28-47)51-17-9-14-45-13-8-16-50(56(45)51)42-11-4-3-5-12-42/h3-32,39-41H,33-38H2,1-2H3. The maximum absolute atomic E-state index is 2.49. The maximum Gasteiger partial charge on any atom is 0.0462 e. The number of hydrogen-bond donors (Lipinski definition) is 0. The van der Waals surface area contributed by atoms with Gasteiger partial charge in [0.05, 0.1) is 0 Å². The Hall–Kier alpha value is -6.18. The quantitative estimate of drug-likeness (QED) is 0.156. The van der Waals surface area contributed by atoms with Gasteiger partial charge in [0.25, 0.3) is 0 Å². The summed E-state index contributed by atoms with van der Waals surface area (Å²) in [6.07, 6.45) is 8.57. The Labute approximate surface area is 355 Å². The van der Waals surface area contributed by atoms with E-state index in [2.05, 4.69) is 201 Å². The third-order valence-corrected chi connectivity index (χ3v) is 15.2. The zero-order chi connectivity index (χ0) is 40.0. The topological polar surface area (TPSA) is 3.24 Å². The summed E-state index contributed by atoms with van der Waals surface area (Å²) in [7, 11) is 0. The molecule has 4 fully saturated rings. The average molecular weight is 774 g/mol. The van der Waals surface area contributed by atoms with Gasteiger partial charge in [0.1, 0.15) is 0 Å². The van der Waals surface area contributed by atoms with E-state index in [1.165, 1.54) is 116 Å². The first-order chi connectivity index (χ1) is 29.4. The minimum atomic E-state index is -0.0701. The van der Waals surface area contributed by atoms with Crippen LogP contribution in [0, 0.1) is 17.8 Å². The van der Waals surface area contributed by atoms with Crippen molar-refractivity contribution in [1.29, 1.82) is 0 Å². The van der Waals surface area contributed by atoms with E-state index in [1.54, 1.807) is 5.56 Å². The highest BCUT2D eigenvalue weighted by atomic mass is 15.1. The molecule has 4 bridgehead atoms. The van der Waals surface area contributed by atoms with E-state index in [0.717, 1.165) is 23.4 Å². The fourth-order valence-corrected chi connectivity index (χ4v) is 13.0. The van der Waals surface area contributed by atoms with Crippen LogP contribution in [0.2, 0.25) is 0 Å². The summed E-state index contributed by atoms with van der Waals surface area (Å²) in [5.74, 6) is 2.79. The predicted octanol–water partition coefficient (Wildman–Crippen LogP) is 16.1. The number of fused-ring (bicyclic) bond motifs is 4. The van der Waals surface area contributed by atoms with Crippen LogP contribution >= 0.6 is 0 Å². The first kappa shape index (κ1) is 35.7. The lowest BCUT2D eigenvalue weighted by molar-refractivity contribution is -0.00518. The van der Waals surface area contributed by atoms with E-state index < -0.39 is 0 Å². The molecule has 1 nitrogen and oxygen atoms in total. The maximum atomic E-state index is 2.49. The molecule has 292 valence electrons. The number of nitrogens with zero attached hydrogens (tertiary/aromatic N) is 1. The van der Waals surface area contributed by atoms with E-state index in [-0.39, 0.29) is 5.41 Å². The van der Waals surface area contributed by atoms with Crippen LogP contribution < -0.4 is 4.90 Å². The second-order valence-corrected chi connectivity index (χ2v) is 19.1. The van der Waals surface area contributed by atoms with Crippen LogP contribution in [-0.2, 0) is 10.8 Å². The molecule has 0 aliphatic heterocycles. The largest absolute Gasteiger partial charge is 0.311 e. The van der Waals surface area contributed by atoms with Crippen molar-refractivity contribution in [3.05, 3.63) is 199 Å². The Kier molecular flexibility index (Phi) is 8.15. The summed E-state index contributed by atoms with van der Waals surface area (Å²) in [6.45, 7) is 4.77. The van der Waals surface area contributed by atoms with Crippen molar-refractivity contribution in [3.8, 4) is 44.5 Å². The summed E-state index contributed by atoms with van der Waals surface area (Å²) in [6, 6.07) is 68.5. The molecule has 0 heterocycles. The molecule has 4 saturated carbocycles. The number of rotatable bonds is 7. The molecule has 0 aromatic heterocycles. The Balaban J connectivity index is 0.942. The minimum Gasteiger partial charge on any atom is -0.311 e. The number of benzene rings is 8. The third-order valence-electron chi connectivity index (χ3n) is 15.2. The molecule has 5 aliphatic rings. The lowest BCUT2D eigenvalue weighted by atomic mass is 9.48. The molecule has 0 amide bonds. The van der Waals surface area contributed by atoms with Crippen LogP contribution in [0.5, 0.6) is 0 Å². The van der Waals surface area contributed by atoms with Crippen LogP contribution in [0.3, 0.4) is 0 Å². The fourth-order valence-electron chi connectivity index (χ4n) is 13.0. The smallest absolute Gasteiger partial charge is 0.0462 e. The zero-order valence-electron chi connectivity index (χ0n) is 34.7. The minimum absolute atomic E-state index is 0.0701. The van der Waals surface area contributed by atoms with Gasteiger partial charge < -0.3 is 4.90 Å². The Morgan fingerprint density at radius 1 is 0.400 bits per heavy atom. The van der Waals surface area contributed by atoms with Crippen LogP contribution in [0.15, 0.2) is 182 Å². The summed E-state index contributed by atoms with van der Waals surface area (Å²) in [5, 5.41) is 2.56. The first-order valence-corrected chi connectivity index (χ1v) is 22.3. The van der Waals surface area contributed by atoms with Gasteiger partial charge in [-0.15, -0.1) is 0 Å². The van der Waals surface area contributed by atoms with Gasteiger partial charge in [0.15, 0.2) is 0 Å². The van der Waals surface area contributed by atoms with E-state index in [0.29, 0.717) is 5.41 Å². The molecule has 60 heavy (non-hydrogen) atoms. The van der Waals surface area contributed by atoms with Gasteiger partial charge in [-0.2, -0.15) is 0 Å². The third kappa shape index (κ3) is 5.66. The van der Waals surface area contributed by atoms with Crippen LogP contribution in [0.25, 0.3) is 55.3 Å². The van der Waals surface area contributed by atoms with Crippen molar-refractivity contribution in [1.82, 2.24) is 0 Å². The van der Waals surface area contributed by atoms with Crippen molar-refractivity contribution in [2.24, 2.45) is 17.8 Å². The molecule has 0 saturated heterocycles. The van der Waals surface area contributed by atoms with E-state index in [9.17, 15) is 0 Å². The highest BCUT2D eigenvalue weighted by molar-refractivity contribution is 6.06. The molecule has 0 spiro atoms. The molecule has 13 rings (SSSR count). The van der Waals surface area contributed by atoms with E-state index >= 15 is 0 Å². The lowest BCUT2D eigenvalue weighted by Crippen LogP contribution is -2.48. The molecule has 8 aromatic carbocycles. The molecular formula is C59H51N. The fraction of sp³-hybridized carbons (Fsp3) is 0.220.